The first-order valence-electron chi connectivity index (χ1n) is 12.2. The van der Waals surface area contributed by atoms with Gasteiger partial charge in [0.25, 0.3) is 0 Å². The van der Waals surface area contributed by atoms with Crippen LogP contribution in [0.2, 0.25) is 5.02 Å². The van der Waals surface area contributed by atoms with Crippen molar-refractivity contribution in [2.75, 3.05) is 26.6 Å². The fourth-order valence-electron chi connectivity index (χ4n) is 4.84. The van der Waals surface area contributed by atoms with Gasteiger partial charge in [0.1, 0.15) is 12.2 Å². The normalized spacial score (nSPS) is 15.9. The van der Waals surface area contributed by atoms with Crippen LogP contribution in [0.25, 0.3) is 5.69 Å². The second-order valence-electron chi connectivity index (χ2n) is 8.91. The van der Waals surface area contributed by atoms with Gasteiger partial charge < -0.3 is 28.8 Å². The summed E-state index contributed by atoms with van der Waals surface area (Å²) in [5.74, 6) is 0.408. The maximum Gasteiger partial charge on any atom is 0.337 e. The molecular formula is C30H27ClN2O6. The van der Waals surface area contributed by atoms with Crippen LogP contribution in [0, 0.1) is 0 Å². The molecule has 1 aliphatic rings. The Balaban J connectivity index is 1.51. The average Bonchev–Trinajstić information content (AvgIpc) is 3.40. The first-order valence-corrected chi connectivity index (χ1v) is 12.6. The number of ether oxygens (including phenoxy) is 4. The lowest BCUT2D eigenvalue weighted by molar-refractivity contribution is -0.120. The number of nitrogens with one attached hydrogen (secondary N) is 1. The Morgan fingerprint density at radius 3 is 2.46 bits per heavy atom. The summed E-state index contributed by atoms with van der Waals surface area (Å²) in [5.41, 5.74) is 4.22. The van der Waals surface area contributed by atoms with Gasteiger partial charge in [-0.1, -0.05) is 23.7 Å². The molecule has 0 radical (unpaired) electrons. The Morgan fingerprint density at radius 1 is 0.949 bits per heavy atom. The maximum absolute atomic E-state index is 13.2. The lowest BCUT2D eigenvalue weighted by Crippen LogP contribution is -2.19. The third-order valence-electron chi connectivity index (χ3n) is 6.62. The number of halogens is 1. The van der Waals surface area contributed by atoms with Gasteiger partial charge in [-0.2, -0.15) is 0 Å². The smallest absolute Gasteiger partial charge is 0.337 e. The van der Waals surface area contributed by atoms with Crippen LogP contribution in [0.5, 0.6) is 11.5 Å². The van der Waals surface area contributed by atoms with E-state index in [0.717, 1.165) is 22.5 Å². The number of carbonyl (C=O) groups excluding carboxylic acids is 2. The summed E-state index contributed by atoms with van der Waals surface area (Å²) in [5, 5.41) is 3.46. The van der Waals surface area contributed by atoms with Gasteiger partial charge in [-0.3, -0.25) is 4.79 Å². The van der Waals surface area contributed by atoms with E-state index in [1.165, 1.54) is 7.11 Å². The van der Waals surface area contributed by atoms with E-state index < -0.39 is 18.2 Å². The molecule has 0 fully saturated rings. The first kappa shape index (κ1) is 26.3. The molecule has 3 aromatic carbocycles. The van der Waals surface area contributed by atoms with E-state index >= 15 is 0 Å². The molecule has 8 nitrogen and oxygen atoms in total. The Labute approximate surface area is 231 Å². The number of fused-ring (bicyclic) bond motifs is 3. The van der Waals surface area contributed by atoms with E-state index in [-0.39, 0.29) is 12.3 Å². The summed E-state index contributed by atoms with van der Waals surface area (Å²) < 4.78 is 24.8. The van der Waals surface area contributed by atoms with Crippen LogP contribution in [0.3, 0.4) is 0 Å². The molecule has 9 heteroatoms. The second-order valence-corrected chi connectivity index (χ2v) is 9.35. The number of hydrogen-bond donors (Lipinski definition) is 1. The molecule has 0 saturated carbocycles. The fourth-order valence-corrected chi connectivity index (χ4v) is 5.02. The van der Waals surface area contributed by atoms with Crippen LogP contribution in [-0.4, -0.2) is 37.8 Å². The van der Waals surface area contributed by atoms with Gasteiger partial charge in [0.2, 0.25) is 5.91 Å². The molecule has 39 heavy (non-hydrogen) atoms. The number of anilines is 1. The molecule has 5 rings (SSSR count). The number of esters is 1. The highest BCUT2D eigenvalue weighted by molar-refractivity contribution is 6.30. The van der Waals surface area contributed by atoms with Crippen LogP contribution < -0.4 is 14.8 Å². The molecule has 0 bridgehead atoms. The van der Waals surface area contributed by atoms with Crippen LogP contribution in [0.4, 0.5) is 5.69 Å². The zero-order chi connectivity index (χ0) is 27.5. The molecule has 0 saturated heterocycles. The summed E-state index contributed by atoms with van der Waals surface area (Å²) >= 11 is 6.45. The average molecular weight is 547 g/mol. The Hall–Kier alpha value is -4.27. The van der Waals surface area contributed by atoms with Crippen molar-refractivity contribution < 1.29 is 28.5 Å². The Kier molecular flexibility index (Phi) is 7.58. The number of amides is 1. The number of aromatic nitrogens is 1. The van der Waals surface area contributed by atoms with Crippen LogP contribution in [-0.2, 0) is 14.3 Å². The van der Waals surface area contributed by atoms with Crippen molar-refractivity contribution >= 4 is 29.2 Å². The van der Waals surface area contributed by atoms with Crippen molar-refractivity contribution in [2.24, 2.45) is 0 Å². The molecule has 0 unspecified atom stereocenters. The number of carbonyl (C=O) groups is 2. The van der Waals surface area contributed by atoms with Crippen molar-refractivity contribution in [3.05, 3.63) is 106 Å². The Bertz CT molecular complexity index is 1510. The van der Waals surface area contributed by atoms with E-state index in [0.29, 0.717) is 27.8 Å². The monoisotopic (exact) mass is 546 g/mol. The van der Waals surface area contributed by atoms with Crippen molar-refractivity contribution in [3.63, 3.8) is 0 Å². The van der Waals surface area contributed by atoms with E-state index in [2.05, 4.69) is 5.32 Å². The van der Waals surface area contributed by atoms with Crippen molar-refractivity contribution in [1.82, 2.24) is 4.57 Å². The quantitative estimate of drug-likeness (QED) is 0.281. The summed E-state index contributed by atoms with van der Waals surface area (Å²) in [6.07, 6.45) is 0.752. The van der Waals surface area contributed by atoms with E-state index in [1.807, 2.05) is 59.3 Å². The number of benzene rings is 3. The lowest BCUT2D eigenvalue weighted by Gasteiger charge is -2.25. The predicted octanol–water partition coefficient (Wildman–Crippen LogP) is 6.12. The topological polar surface area (TPSA) is 88.0 Å². The molecule has 1 aliphatic heterocycles. The standard InChI is InChI=1S/C30H27ClN2O6/c1-36-25-8-4-6-21(29(25)37-2)28-22-16-19(31)11-14-23(22)33-15-5-7-24(33)26(39-28)17-27(34)32-20-12-9-18(10-13-20)30(35)38-3/h4-16,26,28H,17H2,1-3H3,(H,32,34)/t26-,28-/m1/s1. The predicted molar refractivity (Wildman–Crippen MR) is 147 cm³/mol. The van der Waals surface area contributed by atoms with Gasteiger partial charge in [0.15, 0.2) is 11.5 Å². The molecule has 1 amide bonds. The molecule has 0 aliphatic carbocycles. The van der Waals surface area contributed by atoms with E-state index in [1.54, 1.807) is 38.5 Å². The van der Waals surface area contributed by atoms with Gasteiger partial charge >= 0.3 is 5.97 Å². The Morgan fingerprint density at radius 2 is 1.74 bits per heavy atom. The molecule has 200 valence electrons. The number of hydrogen-bond acceptors (Lipinski definition) is 6. The molecule has 2 heterocycles. The summed E-state index contributed by atoms with van der Waals surface area (Å²) in [6.45, 7) is 0. The molecule has 0 spiro atoms. The van der Waals surface area contributed by atoms with E-state index in [4.69, 9.17) is 30.5 Å². The zero-order valence-electron chi connectivity index (χ0n) is 21.6. The number of nitrogens with zero attached hydrogens (tertiary/aromatic N) is 1. The molecule has 2 atom stereocenters. The van der Waals surface area contributed by atoms with Gasteiger partial charge in [-0.05, 0) is 60.7 Å². The highest BCUT2D eigenvalue weighted by Gasteiger charge is 2.34. The van der Waals surface area contributed by atoms with Crippen LogP contribution >= 0.6 is 11.6 Å². The highest BCUT2D eigenvalue weighted by atomic mass is 35.5. The van der Waals surface area contributed by atoms with Crippen LogP contribution in [0.15, 0.2) is 79.0 Å². The highest BCUT2D eigenvalue weighted by Crippen LogP contribution is 2.46. The molecule has 4 aromatic rings. The minimum atomic E-state index is -0.610. The minimum absolute atomic E-state index is 0.0350. The fraction of sp³-hybridized carbons (Fsp3) is 0.200. The lowest BCUT2D eigenvalue weighted by atomic mass is 9.98. The largest absolute Gasteiger partial charge is 0.493 e. The SMILES string of the molecule is COC(=O)c1ccc(NC(=O)C[C@H]2O[C@H](c3cccc(OC)c3OC)c3cc(Cl)ccc3-n3cccc32)cc1. The third kappa shape index (κ3) is 5.21. The number of para-hydroxylation sites is 1. The summed E-state index contributed by atoms with van der Waals surface area (Å²) in [4.78, 5) is 25.0. The summed E-state index contributed by atoms with van der Waals surface area (Å²) in [7, 11) is 4.48. The summed E-state index contributed by atoms with van der Waals surface area (Å²) in [6, 6.07) is 21.6. The van der Waals surface area contributed by atoms with E-state index in [9.17, 15) is 9.59 Å². The molecule has 1 N–H and O–H groups in total. The van der Waals surface area contributed by atoms with Gasteiger partial charge in [0, 0.05) is 28.0 Å². The third-order valence-corrected chi connectivity index (χ3v) is 6.85. The molecule has 1 aromatic heterocycles. The van der Waals surface area contributed by atoms with Crippen LogP contribution in [0.1, 0.15) is 45.8 Å². The van der Waals surface area contributed by atoms with Crippen molar-refractivity contribution in [1.29, 1.82) is 0 Å². The van der Waals surface area contributed by atoms with Gasteiger partial charge in [0.05, 0.1) is 44.7 Å². The minimum Gasteiger partial charge on any atom is -0.493 e. The van der Waals surface area contributed by atoms with Gasteiger partial charge in [-0.25, -0.2) is 4.79 Å². The van der Waals surface area contributed by atoms with Crippen molar-refractivity contribution in [2.45, 2.75) is 18.6 Å². The first-order chi connectivity index (χ1) is 18.9. The zero-order valence-corrected chi connectivity index (χ0v) is 22.4. The molecular weight excluding hydrogens is 520 g/mol. The number of rotatable bonds is 7. The number of methoxy groups -OCH3 is 3. The van der Waals surface area contributed by atoms with Gasteiger partial charge in [-0.15, -0.1) is 0 Å². The second kappa shape index (κ2) is 11.2. The van der Waals surface area contributed by atoms with Crippen molar-refractivity contribution in [3.8, 4) is 17.2 Å². The maximum atomic E-state index is 13.2.